The molecule has 0 amide bonds. The number of nitrogens with zero attached hydrogens (tertiary/aromatic N) is 3. The van der Waals surface area contributed by atoms with Crippen molar-refractivity contribution >= 4 is 21.9 Å². The van der Waals surface area contributed by atoms with Crippen LogP contribution in [0.15, 0.2) is 34.9 Å². The molecule has 0 atom stereocenters. The van der Waals surface area contributed by atoms with E-state index < -0.39 is 5.97 Å². The maximum absolute atomic E-state index is 10.6. The highest BCUT2D eigenvalue weighted by Gasteiger charge is 2.07. The molecule has 2 N–H and O–H groups in total. The second-order valence-corrected chi connectivity index (χ2v) is 4.79. The maximum atomic E-state index is 10.6. The van der Waals surface area contributed by atoms with Crippen LogP contribution in [0.2, 0.25) is 0 Å². The predicted molar refractivity (Wildman–Crippen MR) is 72.8 cm³/mol. The molecule has 2 aromatic rings. The summed E-state index contributed by atoms with van der Waals surface area (Å²) in [4.78, 5) is 10.6. The number of carboxylic acid groups (broad SMARTS) is 1. The summed E-state index contributed by atoms with van der Waals surface area (Å²) in [6.45, 7) is 2.00. The van der Waals surface area contributed by atoms with Crippen molar-refractivity contribution in [3.05, 3.63) is 46.2 Å². The standard InChI is InChI=1S/C12H13BrN4O2/c13-10-4-2-1-3-9(10)7-14-5-6-17-8-11(12(18)19)15-16-17/h1-4,8,14H,5-7H2,(H,18,19). The fraction of sp³-hybridized carbons (Fsp3) is 0.250. The molecular formula is C12H13BrN4O2. The van der Waals surface area contributed by atoms with E-state index in [1.54, 1.807) is 0 Å². The quantitative estimate of drug-likeness (QED) is 0.788. The average Bonchev–Trinajstić information content (AvgIpc) is 2.85. The summed E-state index contributed by atoms with van der Waals surface area (Å²) in [5.41, 5.74) is 1.14. The average molecular weight is 325 g/mol. The van der Waals surface area contributed by atoms with Gasteiger partial charge in [-0.2, -0.15) is 0 Å². The molecule has 2 rings (SSSR count). The summed E-state index contributed by atoms with van der Waals surface area (Å²) in [6, 6.07) is 7.98. The molecule has 0 unspecified atom stereocenters. The van der Waals surface area contributed by atoms with Crippen molar-refractivity contribution in [3.63, 3.8) is 0 Å². The number of carboxylic acids is 1. The Morgan fingerprint density at radius 2 is 2.21 bits per heavy atom. The Morgan fingerprint density at radius 1 is 1.42 bits per heavy atom. The summed E-state index contributed by atoms with van der Waals surface area (Å²) in [5.74, 6) is -1.06. The van der Waals surface area contributed by atoms with Gasteiger partial charge in [0.1, 0.15) is 0 Å². The summed E-state index contributed by atoms with van der Waals surface area (Å²) >= 11 is 3.48. The van der Waals surface area contributed by atoms with Gasteiger partial charge in [-0.15, -0.1) is 5.10 Å². The van der Waals surface area contributed by atoms with Crippen LogP contribution in [-0.4, -0.2) is 32.6 Å². The number of benzene rings is 1. The molecule has 0 aliphatic carbocycles. The molecular weight excluding hydrogens is 312 g/mol. The molecule has 1 aromatic heterocycles. The van der Waals surface area contributed by atoms with Gasteiger partial charge < -0.3 is 10.4 Å². The molecule has 1 heterocycles. The second-order valence-electron chi connectivity index (χ2n) is 3.94. The van der Waals surface area contributed by atoms with Gasteiger partial charge in [-0.25, -0.2) is 4.79 Å². The van der Waals surface area contributed by atoms with Crippen LogP contribution in [0.4, 0.5) is 0 Å². The van der Waals surface area contributed by atoms with Gasteiger partial charge in [0.15, 0.2) is 5.69 Å². The van der Waals surface area contributed by atoms with Crippen LogP contribution in [0, 0.1) is 0 Å². The Labute approximate surface area is 118 Å². The van der Waals surface area contributed by atoms with Gasteiger partial charge >= 0.3 is 5.97 Å². The molecule has 0 saturated heterocycles. The zero-order chi connectivity index (χ0) is 13.7. The van der Waals surface area contributed by atoms with E-state index in [4.69, 9.17) is 5.11 Å². The SMILES string of the molecule is O=C(O)c1cn(CCNCc2ccccc2Br)nn1. The topological polar surface area (TPSA) is 80.0 Å². The lowest BCUT2D eigenvalue weighted by molar-refractivity contribution is 0.0690. The van der Waals surface area contributed by atoms with E-state index in [9.17, 15) is 4.79 Å². The van der Waals surface area contributed by atoms with Gasteiger partial charge in [-0.3, -0.25) is 4.68 Å². The van der Waals surface area contributed by atoms with Gasteiger partial charge in [0.2, 0.25) is 0 Å². The number of hydrogen-bond donors (Lipinski definition) is 2. The van der Waals surface area contributed by atoms with Gasteiger partial charge in [0.25, 0.3) is 0 Å². The molecule has 19 heavy (non-hydrogen) atoms. The minimum atomic E-state index is -1.06. The molecule has 0 saturated carbocycles. The number of nitrogens with one attached hydrogen (secondary N) is 1. The third-order valence-corrected chi connectivity index (χ3v) is 3.32. The van der Waals surface area contributed by atoms with E-state index >= 15 is 0 Å². The van der Waals surface area contributed by atoms with E-state index in [-0.39, 0.29) is 5.69 Å². The fourth-order valence-electron chi connectivity index (χ4n) is 1.56. The number of halogens is 1. The van der Waals surface area contributed by atoms with Crippen LogP contribution in [0.25, 0.3) is 0 Å². The number of carbonyl (C=O) groups is 1. The first-order valence-electron chi connectivity index (χ1n) is 5.74. The van der Waals surface area contributed by atoms with Gasteiger partial charge in [-0.1, -0.05) is 39.3 Å². The molecule has 0 radical (unpaired) electrons. The van der Waals surface area contributed by atoms with Crippen molar-refractivity contribution in [1.82, 2.24) is 20.3 Å². The number of aromatic carboxylic acids is 1. The first-order valence-corrected chi connectivity index (χ1v) is 6.53. The summed E-state index contributed by atoms with van der Waals surface area (Å²) in [7, 11) is 0. The number of rotatable bonds is 6. The number of aromatic nitrogens is 3. The van der Waals surface area contributed by atoms with E-state index in [0.29, 0.717) is 13.1 Å². The maximum Gasteiger partial charge on any atom is 0.358 e. The van der Waals surface area contributed by atoms with E-state index in [1.807, 2.05) is 24.3 Å². The van der Waals surface area contributed by atoms with Crippen LogP contribution >= 0.6 is 15.9 Å². The fourth-order valence-corrected chi connectivity index (χ4v) is 1.99. The highest BCUT2D eigenvalue weighted by Crippen LogP contribution is 2.15. The molecule has 7 heteroatoms. The molecule has 100 valence electrons. The number of hydrogen-bond acceptors (Lipinski definition) is 4. The Balaban J connectivity index is 1.77. The van der Waals surface area contributed by atoms with Crippen molar-refractivity contribution in [2.45, 2.75) is 13.1 Å². The smallest absolute Gasteiger partial charge is 0.358 e. The van der Waals surface area contributed by atoms with Crippen LogP contribution in [0.5, 0.6) is 0 Å². The van der Waals surface area contributed by atoms with Crippen molar-refractivity contribution < 1.29 is 9.90 Å². The zero-order valence-corrected chi connectivity index (χ0v) is 11.7. The van der Waals surface area contributed by atoms with Crippen LogP contribution < -0.4 is 5.32 Å². The van der Waals surface area contributed by atoms with Crippen molar-refractivity contribution in [2.24, 2.45) is 0 Å². The molecule has 1 aromatic carbocycles. The largest absolute Gasteiger partial charge is 0.476 e. The molecule has 0 spiro atoms. The first-order chi connectivity index (χ1) is 9.16. The van der Waals surface area contributed by atoms with Crippen molar-refractivity contribution in [1.29, 1.82) is 0 Å². The Morgan fingerprint density at radius 3 is 2.89 bits per heavy atom. The molecule has 6 nitrogen and oxygen atoms in total. The van der Waals surface area contributed by atoms with E-state index in [2.05, 4.69) is 31.6 Å². The summed E-state index contributed by atoms with van der Waals surface area (Å²) < 4.78 is 2.58. The van der Waals surface area contributed by atoms with E-state index in [1.165, 1.54) is 16.4 Å². The van der Waals surface area contributed by atoms with Crippen molar-refractivity contribution in [2.75, 3.05) is 6.54 Å². The van der Waals surface area contributed by atoms with Crippen LogP contribution in [0.1, 0.15) is 16.1 Å². The van der Waals surface area contributed by atoms with Gasteiger partial charge in [0.05, 0.1) is 12.7 Å². The van der Waals surface area contributed by atoms with Crippen LogP contribution in [0.3, 0.4) is 0 Å². The Hall–Kier alpha value is -1.73. The van der Waals surface area contributed by atoms with Gasteiger partial charge in [-0.05, 0) is 11.6 Å². The predicted octanol–water partition coefficient (Wildman–Crippen LogP) is 1.53. The Kier molecular flexibility index (Phi) is 4.64. The minimum Gasteiger partial charge on any atom is -0.476 e. The highest BCUT2D eigenvalue weighted by molar-refractivity contribution is 9.10. The zero-order valence-electron chi connectivity index (χ0n) is 10.1. The monoisotopic (exact) mass is 324 g/mol. The highest BCUT2D eigenvalue weighted by atomic mass is 79.9. The lowest BCUT2D eigenvalue weighted by Crippen LogP contribution is -2.20. The first kappa shape index (κ1) is 13.7. The molecule has 0 bridgehead atoms. The lowest BCUT2D eigenvalue weighted by Gasteiger charge is -2.06. The molecule has 0 aliphatic heterocycles. The summed E-state index contributed by atoms with van der Waals surface area (Å²) in [5, 5.41) is 19.3. The van der Waals surface area contributed by atoms with Crippen molar-refractivity contribution in [3.8, 4) is 0 Å². The second kappa shape index (κ2) is 6.44. The molecule has 0 aliphatic rings. The summed E-state index contributed by atoms with van der Waals surface area (Å²) in [6.07, 6.45) is 1.42. The molecule has 0 fully saturated rings. The Bertz CT molecular complexity index is 570. The van der Waals surface area contributed by atoms with E-state index in [0.717, 1.165) is 11.0 Å². The van der Waals surface area contributed by atoms with Gasteiger partial charge in [0, 0.05) is 17.6 Å². The normalized spacial score (nSPS) is 10.6. The minimum absolute atomic E-state index is 0.0363. The van der Waals surface area contributed by atoms with Crippen LogP contribution in [-0.2, 0) is 13.1 Å². The third kappa shape index (κ3) is 3.87. The third-order valence-electron chi connectivity index (χ3n) is 2.55. The lowest BCUT2D eigenvalue weighted by atomic mass is 10.2.